The summed E-state index contributed by atoms with van der Waals surface area (Å²) in [4.78, 5) is 11.3. The highest BCUT2D eigenvalue weighted by molar-refractivity contribution is 5.81. The summed E-state index contributed by atoms with van der Waals surface area (Å²) in [5, 5.41) is 13.2. The summed E-state index contributed by atoms with van der Waals surface area (Å²) in [5.74, 6) is -1.96. The predicted octanol–water partition coefficient (Wildman–Crippen LogP) is 2.64. The van der Waals surface area contributed by atoms with E-state index in [1.807, 2.05) is 24.3 Å². The Balaban J connectivity index is 1.78. The Morgan fingerprint density at radius 1 is 1.15 bits per heavy atom. The minimum Gasteiger partial charge on any atom is -0.392 e. The molecular weight excluding hydrogens is 338 g/mol. The number of aliphatic hydroxyl groups excluding tert-OH is 1. The zero-order chi connectivity index (χ0) is 19.1. The van der Waals surface area contributed by atoms with Gasteiger partial charge in [0, 0.05) is 19.2 Å². The van der Waals surface area contributed by atoms with Crippen LogP contribution in [0.4, 0.5) is 8.78 Å². The molecule has 0 aromatic heterocycles. The monoisotopic (exact) mass is 362 g/mol. The number of aliphatic hydroxyl groups is 1. The molecule has 0 aliphatic carbocycles. The number of primary amides is 1. The maximum Gasteiger partial charge on any atom is 0.224 e. The maximum atomic E-state index is 13.1. The minimum atomic E-state index is -0.631. The lowest BCUT2D eigenvalue weighted by Gasteiger charge is -2.13. The van der Waals surface area contributed by atoms with Gasteiger partial charge in [-0.25, -0.2) is 8.78 Å². The van der Waals surface area contributed by atoms with Crippen molar-refractivity contribution in [3.8, 4) is 0 Å². The van der Waals surface area contributed by atoms with Crippen molar-refractivity contribution in [2.45, 2.75) is 38.3 Å². The number of rotatable bonds is 9. The zero-order valence-corrected chi connectivity index (χ0v) is 14.7. The van der Waals surface area contributed by atoms with Gasteiger partial charge in [-0.1, -0.05) is 24.3 Å². The molecule has 0 fully saturated rings. The van der Waals surface area contributed by atoms with E-state index < -0.39 is 17.7 Å². The van der Waals surface area contributed by atoms with E-state index in [4.69, 9.17) is 5.73 Å². The lowest BCUT2D eigenvalue weighted by Crippen LogP contribution is -2.27. The molecule has 0 bridgehead atoms. The number of halogens is 2. The molecule has 4 N–H and O–H groups in total. The molecule has 0 heterocycles. The van der Waals surface area contributed by atoms with E-state index in [9.17, 15) is 18.7 Å². The van der Waals surface area contributed by atoms with E-state index in [0.717, 1.165) is 17.2 Å². The Morgan fingerprint density at radius 3 is 2.50 bits per heavy atom. The van der Waals surface area contributed by atoms with Crippen molar-refractivity contribution in [3.05, 3.63) is 70.8 Å². The number of carbonyl (C=O) groups is 1. The molecule has 0 radical (unpaired) electrons. The summed E-state index contributed by atoms with van der Waals surface area (Å²) in [6.07, 6.45) is 0.159. The molecule has 6 heteroatoms. The van der Waals surface area contributed by atoms with Crippen LogP contribution in [0, 0.1) is 11.6 Å². The molecule has 4 nitrogen and oxygen atoms in total. The van der Waals surface area contributed by atoms with Gasteiger partial charge >= 0.3 is 0 Å². The summed E-state index contributed by atoms with van der Waals surface area (Å²) < 4.78 is 26.3. The third-order valence-corrected chi connectivity index (χ3v) is 4.28. The zero-order valence-electron chi connectivity index (χ0n) is 14.7. The molecule has 2 rings (SSSR count). The molecule has 2 aromatic carbocycles. The van der Waals surface area contributed by atoms with Crippen LogP contribution >= 0.6 is 0 Å². The van der Waals surface area contributed by atoms with E-state index >= 15 is 0 Å². The highest BCUT2D eigenvalue weighted by atomic mass is 19.1. The van der Waals surface area contributed by atoms with Gasteiger partial charge in [-0.2, -0.15) is 0 Å². The number of benzene rings is 2. The molecule has 1 amide bonds. The first kappa shape index (κ1) is 20.0. The van der Waals surface area contributed by atoms with Gasteiger partial charge in [-0.3, -0.25) is 4.79 Å². The molecule has 0 saturated heterocycles. The fourth-order valence-electron chi connectivity index (χ4n) is 2.71. The van der Waals surface area contributed by atoms with E-state index in [2.05, 4.69) is 5.32 Å². The first-order chi connectivity index (χ1) is 12.3. The second-order valence-corrected chi connectivity index (χ2v) is 6.47. The van der Waals surface area contributed by atoms with Crippen LogP contribution in [0.5, 0.6) is 0 Å². The van der Waals surface area contributed by atoms with Crippen molar-refractivity contribution in [3.63, 3.8) is 0 Å². The Labute approximate surface area is 152 Å². The fourth-order valence-corrected chi connectivity index (χ4v) is 2.71. The van der Waals surface area contributed by atoms with Gasteiger partial charge in [0.2, 0.25) is 5.91 Å². The van der Waals surface area contributed by atoms with Crippen LogP contribution in [0.1, 0.15) is 36.0 Å². The van der Waals surface area contributed by atoms with Crippen molar-refractivity contribution in [2.75, 3.05) is 6.54 Å². The van der Waals surface area contributed by atoms with Crippen LogP contribution in [0.15, 0.2) is 42.5 Å². The average Bonchev–Trinajstić information content (AvgIpc) is 2.58. The van der Waals surface area contributed by atoms with Crippen molar-refractivity contribution < 1.29 is 18.7 Å². The van der Waals surface area contributed by atoms with Gasteiger partial charge in [0.25, 0.3) is 0 Å². The molecule has 140 valence electrons. The molecule has 2 atom stereocenters. The number of hydrogen-bond donors (Lipinski definition) is 3. The van der Waals surface area contributed by atoms with Gasteiger partial charge in [-0.05, 0) is 48.6 Å². The normalized spacial score (nSPS) is 13.4. The lowest BCUT2D eigenvalue weighted by molar-refractivity contribution is -0.119. The summed E-state index contributed by atoms with van der Waals surface area (Å²) >= 11 is 0. The molecule has 1 unspecified atom stereocenters. The van der Waals surface area contributed by atoms with Crippen molar-refractivity contribution >= 4 is 5.91 Å². The van der Waals surface area contributed by atoms with E-state index in [1.54, 1.807) is 6.92 Å². The number of nitrogens with two attached hydrogens (primary N) is 1. The van der Waals surface area contributed by atoms with Crippen molar-refractivity contribution in [2.24, 2.45) is 5.73 Å². The van der Waals surface area contributed by atoms with Crippen LogP contribution in [0.3, 0.4) is 0 Å². The van der Waals surface area contributed by atoms with E-state index in [1.165, 1.54) is 12.1 Å². The van der Waals surface area contributed by atoms with Crippen LogP contribution in [0.25, 0.3) is 0 Å². The largest absolute Gasteiger partial charge is 0.392 e. The van der Waals surface area contributed by atoms with Crippen molar-refractivity contribution in [1.29, 1.82) is 0 Å². The third kappa shape index (κ3) is 6.20. The second-order valence-electron chi connectivity index (χ2n) is 6.47. The van der Waals surface area contributed by atoms with E-state index in [0.29, 0.717) is 31.5 Å². The quantitative estimate of drug-likeness (QED) is 0.642. The lowest BCUT2D eigenvalue weighted by atomic mass is 9.98. The average molecular weight is 362 g/mol. The van der Waals surface area contributed by atoms with Gasteiger partial charge < -0.3 is 16.2 Å². The molecular formula is C20H24F2N2O2. The van der Waals surface area contributed by atoms with Gasteiger partial charge in [0.05, 0.1) is 12.0 Å². The second kappa shape index (κ2) is 9.40. The number of nitrogens with one attached hydrogen (secondary N) is 1. The first-order valence-corrected chi connectivity index (χ1v) is 8.57. The molecule has 0 saturated carbocycles. The van der Waals surface area contributed by atoms with Crippen LogP contribution in [0.2, 0.25) is 0 Å². The smallest absolute Gasteiger partial charge is 0.224 e. The SMILES string of the molecule is CC(C(N)=O)c1cccc(CNC[C@H](O)CCc2cc(F)cc(F)c2)c1. The van der Waals surface area contributed by atoms with Crippen LogP contribution in [-0.2, 0) is 17.8 Å². The van der Waals surface area contributed by atoms with E-state index in [-0.39, 0.29) is 11.8 Å². The summed E-state index contributed by atoms with van der Waals surface area (Å²) in [6.45, 7) is 2.65. The van der Waals surface area contributed by atoms with Gasteiger partial charge in [-0.15, -0.1) is 0 Å². The Kier molecular flexibility index (Phi) is 7.24. The number of carbonyl (C=O) groups excluding carboxylic acids is 1. The summed E-state index contributed by atoms with van der Waals surface area (Å²) in [7, 11) is 0. The van der Waals surface area contributed by atoms with Crippen molar-refractivity contribution in [1.82, 2.24) is 5.32 Å². The Hall–Kier alpha value is -2.31. The molecule has 2 aromatic rings. The fraction of sp³-hybridized carbons (Fsp3) is 0.350. The maximum absolute atomic E-state index is 13.1. The van der Waals surface area contributed by atoms with Gasteiger partial charge in [0.15, 0.2) is 0 Å². The highest BCUT2D eigenvalue weighted by Crippen LogP contribution is 2.16. The first-order valence-electron chi connectivity index (χ1n) is 8.57. The number of amides is 1. The minimum absolute atomic E-state index is 0.354. The number of hydrogen-bond acceptors (Lipinski definition) is 3. The van der Waals surface area contributed by atoms with Gasteiger partial charge in [0.1, 0.15) is 11.6 Å². The van der Waals surface area contributed by atoms with Crippen LogP contribution in [-0.4, -0.2) is 23.7 Å². The molecule has 0 aliphatic rings. The standard InChI is InChI=1S/C20H24F2N2O2/c1-13(20(23)26)16-4-2-3-15(7-16)11-24-12-19(25)6-5-14-8-17(21)10-18(22)9-14/h2-4,7-10,13,19,24-25H,5-6,11-12H2,1H3,(H2,23,26)/t13?,19-/m1/s1. The summed E-state index contributed by atoms with van der Waals surface area (Å²) in [6, 6.07) is 10.9. The third-order valence-electron chi connectivity index (χ3n) is 4.28. The number of aryl methyl sites for hydroxylation is 1. The molecule has 0 aliphatic heterocycles. The van der Waals surface area contributed by atoms with Crippen LogP contribution < -0.4 is 11.1 Å². The molecule has 26 heavy (non-hydrogen) atoms. The summed E-state index contributed by atoms with van der Waals surface area (Å²) in [5.41, 5.74) is 7.68. The topological polar surface area (TPSA) is 75.4 Å². The Bertz CT molecular complexity index is 732. The predicted molar refractivity (Wildman–Crippen MR) is 96.4 cm³/mol. The Morgan fingerprint density at radius 2 is 1.85 bits per heavy atom. The molecule has 0 spiro atoms. The highest BCUT2D eigenvalue weighted by Gasteiger charge is 2.12.